The summed E-state index contributed by atoms with van der Waals surface area (Å²) in [6.07, 6.45) is 5.99. The Morgan fingerprint density at radius 1 is 1.16 bits per heavy atom. The van der Waals surface area contributed by atoms with Crippen LogP contribution in [0.2, 0.25) is 0 Å². The highest BCUT2D eigenvalue weighted by atomic mass is 32.1. The molecule has 0 amide bonds. The van der Waals surface area contributed by atoms with Crippen molar-refractivity contribution in [2.45, 2.75) is 44.6 Å². The highest BCUT2D eigenvalue weighted by Crippen LogP contribution is 2.32. The molecule has 0 radical (unpaired) electrons. The molecular formula is C20H26N4S. The van der Waals surface area contributed by atoms with Crippen LogP contribution >= 0.6 is 12.2 Å². The van der Waals surface area contributed by atoms with E-state index in [1.807, 2.05) is 0 Å². The highest BCUT2D eigenvalue weighted by molar-refractivity contribution is 7.71. The molecule has 1 unspecified atom stereocenters. The third kappa shape index (κ3) is 3.93. The smallest absolute Gasteiger partial charge is 0.198 e. The largest absolute Gasteiger partial charge is 0.370 e. The van der Waals surface area contributed by atoms with Gasteiger partial charge in [-0.3, -0.25) is 4.90 Å². The maximum atomic E-state index is 5.41. The van der Waals surface area contributed by atoms with E-state index in [0.29, 0.717) is 10.7 Å². The van der Waals surface area contributed by atoms with Crippen LogP contribution in [0.4, 0.5) is 5.82 Å². The zero-order chi connectivity index (χ0) is 17.1. The predicted octanol–water partition coefficient (Wildman–Crippen LogP) is 4.27. The Kier molecular flexibility index (Phi) is 5.13. The summed E-state index contributed by atoms with van der Waals surface area (Å²) in [5, 5.41) is 3.49. The topological polar surface area (TPSA) is 44.0 Å². The molecular weight excluding hydrogens is 328 g/mol. The van der Waals surface area contributed by atoms with Crippen LogP contribution in [0, 0.1) is 4.77 Å². The lowest BCUT2D eigenvalue weighted by atomic mass is 9.90. The maximum absolute atomic E-state index is 5.41. The first kappa shape index (κ1) is 16.7. The van der Waals surface area contributed by atoms with E-state index >= 15 is 0 Å². The average molecular weight is 355 g/mol. The Morgan fingerprint density at radius 2 is 2.04 bits per heavy atom. The summed E-state index contributed by atoms with van der Waals surface area (Å²) in [4.78, 5) is 10.6. The quantitative estimate of drug-likeness (QED) is 0.808. The van der Waals surface area contributed by atoms with Crippen LogP contribution in [0.1, 0.15) is 48.4 Å². The van der Waals surface area contributed by atoms with E-state index in [9.17, 15) is 0 Å². The van der Waals surface area contributed by atoms with Gasteiger partial charge in [0, 0.05) is 36.8 Å². The Labute approximate surface area is 154 Å². The van der Waals surface area contributed by atoms with Gasteiger partial charge < -0.3 is 10.3 Å². The van der Waals surface area contributed by atoms with Crippen molar-refractivity contribution in [2.75, 3.05) is 25.0 Å². The summed E-state index contributed by atoms with van der Waals surface area (Å²) >= 11 is 5.41. The third-order valence-corrected chi connectivity index (χ3v) is 5.57. The number of aromatic amines is 1. The first-order chi connectivity index (χ1) is 12.3. The van der Waals surface area contributed by atoms with Gasteiger partial charge in [0.05, 0.1) is 0 Å². The van der Waals surface area contributed by atoms with Crippen molar-refractivity contribution in [1.29, 1.82) is 0 Å². The molecule has 1 aromatic carbocycles. The van der Waals surface area contributed by atoms with Crippen LogP contribution in [-0.4, -0.2) is 34.5 Å². The zero-order valence-corrected chi connectivity index (χ0v) is 15.4. The lowest BCUT2D eigenvalue weighted by molar-refractivity contribution is 0.198. The number of aromatic nitrogens is 2. The van der Waals surface area contributed by atoms with Crippen molar-refractivity contribution in [3.63, 3.8) is 0 Å². The number of nitrogens with one attached hydrogen (secondary N) is 2. The SMILES string of the molecule is S=c1nc2c(c(C3CCCN(Cc4ccccc4)C3)[nH]1)CCCCN2. The minimum atomic E-state index is 0.524. The fourth-order valence-corrected chi connectivity index (χ4v) is 4.37. The van der Waals surface area contributed by atoms with Gasteiger partial charge >= 0.3 is 0 Å². The lowest BCUT2D eigenvalue weighted by Gasteiger charge is -2.33. The summed E-state index contributed by atoms with van der Waals surface area (Å²) in [6, 6.07) is 10.8. The lowest BCUT2D eigenvalue weighted by Crippen LogP contribution is -2.34. The van der Waals surface area contributed by atoms with E-state index in [1.54, 1.807) is 0 Å². The van der Waals surface area contributed by atoms with Crippen LogP contribution in [0.25, 0.3) is 0 Å². The molecule has 4 nitrogen and oxygen atoms in total. The maximum Gasteiger partial charge on any atom is 0.198 e. The summed E-state index contributed by atoms with van der Waals surface area (Å²) in [6.45, 7) is 4.31. The minimum Gasteiger partial charge on any atom is -0.370 e. The van der Waals surface area contributed by atoms with Gasteiger partial charge in [-0.25, -0.2) is 4.98 Å². The molecule has 132 valence electrons. The number of fused-ring (bicyclic) bond motifs is 1. The second-order valence-corrected chi connectivity index (χ2v) is 7.61. The Balaban J connectivity index is 1.57. The van der Waals surface area contributed by atoms with E-state index in [4.69, 9.17) is 12.2 Å². The molecule has 5 heteroatoms. The molecule has 25 heavy (non-hydrogen) atoms. The van der Waals surface area contributed by atoms with Gasteiger partial charge in [0.15, 0.2) is 4.77 Å². The van der Waals surface area contributed by atoms with Gasteiger partial charge in [-0.05, 0) is 56.4 Å². The Bertz CT molecular complexity index is 771. The van der Waals surface area contributed by atoms with E-state index in [2.05, 4.69) is 50.5 Å². The molecule has 0 bridgehead atoms. The average Bonchev–Trinajstić information content (AvgIpc) is 2.87. The van der Waals surface area contributed by atoms with Crippen molar-refractivity contribution >= 4 is 18.0 Å². The molecule has 2 aliphatic rings. The van der Waals surface area contributed by atoms with Crippen LogP contribution in [0.3, 0.4) is 0 Å². The number of hydrogen-bond donors (Lipinski definition) is 2. The normalized spacial score (nSPS) is 21.2. The van der Waals surface area contributed by atoms with Gasteiger partial charge in [0.1, 0.15) is 5.82 Å². The van der Waals surface area contributed by atoms with Crippen LogP contribution in [0.15, 0.2) is 30.3 Å². The van der Waals surface area contributed by atoms with Crippen LogP contribution < -0.4 is 5.32 Å². The number of piperidine rings is 1. The van der Waals surface area contributed by atoms with Gasteiger partial charge in [-0.2, -0.15) is 0 Å². The zero-order valence-electron chi connectivity index (χ0n) is 14.6. The van der Waals surface area contributed by atoms with Gasteiger partial charge in [-0.1, -0.05) is 30.3 Å². The molecule has 1 aromatic heterocycles. The van der Waals surface area contributed by atoms with Crippen LogP contribution in [-0.2, 0) is 13.0 Å². The van der Waals surface area contributed by atoms with Crippen molar-refractivity contribution in [1.82, 2.24) is 14.9 Å². The van der Waals surface area contributed by atoms with Gasteiger partial charge in [0.2, 0.25) is 0 Å². The number of hydrogen-bond acceptors (Lipinski definition) is 4. The number of benzene rings is 1. The number of anilines is 1. The third-order valence-electron chi connectivity index (χ3n) is 5.37. The number of rotatable bonds is 3. The van der Waals surface area contributed by atoms with Gasteiger partial charge in [-0.15, -0.1) is 0 Å². The van der Waals surface area contributed by atoms with E-state index < -0.39 is 0 Å². The molecule has 0 saturated carbocycles. The van der Waals surface area contributed by atoms with E-state index in [-0.39, 0.29) is 0 Å². The van der Waals surface area contributed by atoms with E-state index in [1.165, 1.54) is 49.0 Å². The molecule has 2 N–H and O–H groups in total. The molecule has 3 heterocycles. The van der Waals surface area contributed by atoms with Gasteiger partial charge in [0.25, 0.3) is 0 Å². The van der Waals surface area contributed by atoms with E-state index in [0.717, 1.165) is 31.9 Å². The molecule has 2 aromatic rings. The van der Waals surface area contributed by atoms with Crippen molar-refractivity contribution < 1.29 is 0 Å². The standard InChI is InChI=1S/C20H26N4S/c25-20-22-18(17-10-4-5-11-21-19(17)23-20)16-9-6-12-24(14-16)13-15-7-2-1-3-8-15/h1-3,7-8,16H,4-6,9-14H2,(H2,21,22,23,25). The summed E-state index contributed by atoms with van der Waals surface area (Å²) < 4.78 is 0.614. The molecule has 1 saturated heterocycles. The molecule has 1 atom stereocenters. The monoisotopic (exact) mass is 354 g/mol. The second-order valence-electron chi connectivity index (χ2n) is 7.23. The molecule has 4 rings (SSSR count). The van der Waals surface area contributed by atoms with Crippen molar-refractivity contribution in [3.05, 3.63) is 51.9 Å². The molecule has 2 aliphatic heterocycles. The Hall–Kier alpha value is -1.72. The summed E-state index contributed by atoms with van der Waals surface area (Å²) in [5.74, 6) is 1.55. The minimum absolute atomic E-state index is 0.524. The highest BCUT2D eigenvalue weighted by Gasteiger charge is 2.26. The fraction of sp³-hybridized carbons (Fsp3) is 0.500. The number of likely N-dealkylation sites (tertiary alicyclic amines) is 1. The molecule has 1 fully saturated rings. The van der Waals surface area contributed by atoms with Crippen molar-refractivity contribution in [3.8, 4) is 0 Å². The van der Waals surface area contributed by atoms with Crippen molar-refractivity contribution in [2.24, 2.45) is 0 Å². The van der Waals surface area contributed by atoms with Crippen LogP contribution in [0.5, 0.6) is 0 Å². The summed E-state index contributed by atoms with van der Waals surface area (Å²) in [7, 11) is 0. The summed E-state index contributed by atoms with van der Waals surface area (Å²) in [5.41, 5.74) is 4.10. The Morgan fingerprint density at radius 3 is 2.92 bits per heavy atom. The number of nitrogens with zero attached hydrogens (tertiary/aromatic N) is 2. The number of H-pyrrole nitrogens is 1. The second kappa shape index (κ2) is 7.67. The first-order valence-corrected chi connectivity index (χ1v) is 9.83. The fourth-order valence-electron chi connectivity index (χ4n) is 4.17. The molecule has 0 aliphatic carbocycles. The predicted molar refractivity (Wildman–Crippen MR) is 105 cm³/mol. The molecule has 0 spiro atoms. The first-order valence-electron chi connectivity index (χ1n) is 9.43.